The maximum Gasteiger partial charge on any atom is 0.0574 e. The van der Waals surface area contributed by atoms with Gasteiger partial charge in [-0.1, -0.05) is 26.7 Å². The zero-order valence-electron chi connectivity index (χ0n) is 10.1. The summed E-state index contributed by atoms with van der Waals surface area (Å²) in [7, 11) is 0. The average Bonchev–Trinajstić information content (AvgIpc) is 2.57. The van der Waals surface area contributed by atoms with Gasteiger partial charge in [-0.15, -0.1) is 0 Å². The monoisotopic (exact) mass is 208 g/mol. The second kappa shape index (κ2) is 3.00. The molecule has 3 saturated carbocycles. The highest BCUT2D eigenvalue weighted by atomic mass is 16.3. The van der Waals surface area contributed by atoms with Crippen LogP contribution in [0.4, 0.5) is 0 Å². The molecule has 0 aromatic carbocycles. The van der Waals surface area contributed by atoms with Gasteiger partial charge in [-0.25, -0.2) is 0 Å². The molecule has 3 aliphatic carbocycles. The molecule has 1 N–H and O–H groups in total. The van der Waals surface area contributed by atoms with Gasteiger partial charge in [0.2, 0.25) is 0 Å². The van der Waals surface area contributed by atoms with E-state index in [4.69, 9.17) is 0 Å². The van der Waals surface area contributed by atoms with E-state index in [0.29, 0.717) is 16.7 Å². The first-order valence-electron chi connectivity index (χ1n) is 6.75. The third kappa shape index (κ3) is 1.13. The van der Waals surface area contributed by atoms with Crippen LogP contribution in [0.1, 0.15) is 58.8 Å². The molecule has 0 saturated heterocycles. The first-order chi connectivity index (χ1) is 7.07. The van der Waals surface area contributed by atoms with E-state index in [1.807, 2.05) is 0 Å². The Morgan fingerprint density at radius 1 is 1.13 bits per heavy atom. The molecule has 0 aromatic heterocycles. The van der Waals surface area contributed by atoms with Crippen LogP contribution < -0.4 is 0 Å². The Morgan fingerprint density at radius 3 is 2.73 bits per heavy atom. The van der Waals surface area contributed by atoms with Crippen molar-refractivity contribution >= 4 is 0 Å². The molecular formula is C14H24O. The van der Waals surface area contributed by atoms with E-state index in [1.165, 1.54) is 38.5 Å². The molecule has 15 heavy (non-hydrogen) atoms. The van der Waals surface area contributed by atoms with E-state index in [1.54, 1.807) is 0 Å². The smallest absolute Gasteiger partial charge is 0.0574 e. The fraction of sp³-hybridized carbons (Fsp3) is 1.00. The van der Waals surface area contributed by atoms with Crippen molar-refractivity contribution in [3.8, 4) is 0 Å². The number of hydrogen-bond acceptors (Lipinski definition) is 1. The molecule has 0 radical (unpaired) electrons. The SMILES string of the molecule is C[C@H]1CCC[C@@]2(C)C[C@@H](O)[C@H]3CC[C@@]12C3. The number of aliphatic hydroxyl groups is 1. The minimum absolute atomic E-state index is 0.0101. The Morgan fingerprint density at radius 2 is 1.93 bits per heavy atom. The summed E-state index contributed by atoms with van der Waals surface area (Å²) < 4.78 is 0. The normalized spacial score (nSPS) is 59.0. The van der Waals surface area contributed by atoms with Crippen LogP contribution in [-0.4, -0.2) is 11.2 Å². The highest BCUT2D eigenvalue weighted by Crippen LogP contribution is 2.68. The van der Waals surface area contributed by atoms with Crippen LogP contribution in [0.25, 0.3) is 0 Å². The molecule has 3 rings (SSSR count). The van der Waals surface area contributed by atoms with Crippen LogP contribution in [-0.2, 0) is 0 Å². The number of fused-ring (bicyclic) bond motifs is 1. The summed E-state index contributed by atoms with van der Waals surface area (Å²) in [6.45, 7) is 4.94. The molecular weight excluding hydrogens is 184 g/mol. The Balaban J connectivity index is 2.01. The van der Waals surface area contributed by atoms with Crippen LogP contribution in [0.5, 0.6) is 0 Å². The van der Waals surface area contributed by atoms with E-state index >= 15 is 0 Å². The van der Waals surface area contributed by atoms with Crippen molar-refractivity contribution in [3.63, 3.8) is 0 Å². The second-order valence-electron chi connectivity index (χ2n) is 6.78. The maximum atomic E-state index is 10.2. The van der Waals surface area contributed by atoms with Crippen LogP contribution in [0.15, 0.2) is 0 Å². The zero-order valence-corrected chi connectivity index (χ0v) is 10.1. The van der Waals surface area contributed by atoms with Crippen LogP contribution in [0.2, 0.25) is 0 Å². The molecule has 0 heterocycles. The molecule has 0 unspecified atom stereocenters. The first kappa shape index (κ1) is 10.1. The summed E-state index contributed by atoms with van der Waals surface area (Å²) in [5, 5.41) is 10.2. The van der Waals surface area contributed by atoms with E-state index < -0.39 is 0 Å². The van der Waals surface area contributed by atoms with Gasteiger partial charge in [0, 0.05) is 0 Å². The summed E-state index contributed by atoms with van der Waals surface area (Å²) in [6.07, 6.45) is 9.29. The fourth-order valence-electron chi connectivity index (χ4n) is 5.29. The van der Waals surface area contributed by atoms with E-state index in [9.17, 15) is 5.11 Å². The molecule has 0 aromatic rings. The van der Waals surface area contributed by atoms with Gasteiger partial charge in [0.1, 0.15) is 0 Å². The highest BCUT2D eigenvalue weighted by Gasteiger charge is 2.60. The van der Waals surface area contributed by atoms with Gasteiger partial charge in [0.15, 0.2) is 0 Å². The number of rotatable bonds is 0. The van der Waals surface area contributed by atoms with Crippen molar-refractivity contribution in [1.82, 2.24) is 0 Å². The van der Waals surface area contributed by atoms with Gasteiger partial charge in [-0.2, -0.15) is 0 Å². The quantitative estimate of drug-likeness (QED) is 0.647. The Kier molecular flexibility index (Phi) is 2.03. The minimum Gasteiger partial charge on any atom is -0.393 e. The van der Waals surface area contributed by atoms with Crippen molar-refractivity contribution in [2.24, 2.45) is 22.7 Å². The number of hydrogen-bond donors (Lipinski definition) is 1. The predicted molar refractivity (Wildman–Crippen MR) is 61.5 cm³/mol. The van der Waals surface area contributed by atoms with Crippen molar-refractivity contribution in [2.45, 2.75) is 64.9 Å². The lowest BCUT2D eigenvalue weighted by atomic mass is 9.48. The molecule has 1 heteroatoms. The van der Waals surface area contributed by atoms with Crippen molar-refractivity contribution in [3.05, 3.63) is 0 Å². The standard InChI is InChI=1S/C14H24O/c1-10-4-3-6-13(2)9-12(15)11-5-7-14(10,13)8-11/h10-12,15H,3-9H2,1-2H3/t10-,11-,12+,13-,14+/m0/s1. The maximum absolute atomic E-state index is 10.2. The highest BCUT2D eigenvalue weighted by molar-refractivity contribution is 5.10. The lowest BCUT2D eigenvalue weighted by Crippen LogP contribution is -2.51. The Bertz CT molecular complexity index is 275. The lowest BCUT2D eigenvalue weighted by Gasteiger charge is -2.57. The van der Waals surface area contributed by atoms with Crippen LogP contribution in [0.3, 0.4) is 0 Å². The summed E-state index contributed by atoms with van der Waals surface area (Å²) in [5.74, 6) is 1.53. The van der Waals surface area contributed by atoms with Crippen LogP contribution in [0, 0.1) is 22.7 Å². The van der Waals surface area contributed by atoms with Gasteiger partial charge in [0.25, 0.3) is 0 Å². The van der Waals surface area contributed by atoms with E-state index in [2.05, 4.69) is 13.8 Å². The van der Waals surface area contributed by atoms with Crippen molar-refractivity contribution < 1.29 is 5.11 Å². The zero-order chi connectivity index (χ0) is 10.7. The van der Waals surface area contributed by atoms with E-state index in [-0.39, 0.29) is 6.10 Å². The van der Waals surface area contributed by atoms with Gasteiger partial charge in [-0.05, 0) is 54.8 Å². The molecule has 3 fully saturated rings. The Hall–Kier alpha value is -0.0400. The average molecular weight is 208 g/mol. The molecule has 1 spiro atoms. The molecule has 1 nitrogen and oxygen atoms in total. The first-order valence-corrected chi connectivity index (χ1v) is 6.75. The lowest BCUT2D eigenvalue weighted by molar-refractivity contribution is -0.109. The topological polar surface area (TPSA) is 20.2 Å². The largest absolute Gasteiger partial charge is 0.393 e. The van der Waals surface area contributed by atoms with E-state index in [0.717, 1.165) is 12.3 Å². The summed E-state index contributed by atoms with van der Waals surface area (Å²) in [4.78, 5) is 0. The summed E-state index contributed by atoms with van der Waals surface area (Å²) in [5.41, 5.74) is 1.06. The number of aliphatic hydroxyl groups excluding tert-OH is 1. The summed E-state index contributed by atoms with van der Waals surface area (Å²) in [6, 6.07) is 0. The minimum atomic E-state index is 0.0101. The molecule has 0 aliphatic heterocycles. The van der Waals surface area contributed by atoms with Gasteiger partial charge in [0.05, 0.1) is 6.10 Å². The predicted octanol–water partition coefficient (Wildman–Crippen LogP) is 3.36. The summed E-state index contributed by atoms with van der Waals surface area (Å²) >= 11 is 0. The molecule has 3 aliphatic rings. The second-order valence-corrected chi connectivity index (χ2v) is 6.78. The van der Waals surface area contributed by atoms with Gasteiger partial charge < -0.3 is 5.11 Å². The molecule has 86 valence electrons. The van der Waals surface area contributed by atoms with Crippen LogP contribution >= 0.6 is 0 Å². The van der Waals surface area contributed by atoms with Crippen molar-refractivity contribution in [2.75, 3.05) is 0 Å². The van der Waals surface area contributed by atoms with Crippen molar-refractivity contribution in [1.29, 1.82) is 0 Å². The third-order valence-electron chi connectivity index (χ3n) is 6.30. The van der Waals surface area contributed by atoms with Gasteiger partial charge >= 0.3 is 0 Å². The van der Waals surface area contributed by atoms with Gasteiger partial charge in [-0.3, -0.25) is 0 Å². The molecule has 2 bridgehead atoms. The molecule has 0 amide bonds. The molecule has 5 atom stereocenters. The Labute approximate surface area is 93.3 Å². The third-order valence-corrected chi connectivity index (χ3v) is 6.30. The fourth-order valence-corrected chi connectivity index (χ4v) is 5.29.